The smallest absolute Gasteiger partial charge is 0.409 e. The van der Waals surface area contributed by atoms with Gasteiger partial charge in [0, 0.05) is 44.2 Å². The third-order valence-electron chi connectivity index (χ3n) is 8.28. The van der Waals surface area contributed by atoms with Crippen LogP contribution in [0.4, 0.5) is 4.79 Å². The Balaban J connectivity index is 1.38. The lowest BCUT2D eigenvalue weighted by atomic mass is 10.0. The van der Waals surface area contributed by atoms with Gasteiger partial charge in [-0.25, -0.2) is 14.6 Å². The second-order valence-corrected chi connectivity index (χ2v) is 11.8. The molecule has 3 amide bonds. The minimum Gasteiger partial charge on any atom is -0.482 e. The van der Waals surface area contributed by atoms with Crippen LogP contribution in [0.3, 0.4) is 0 Å². The zero-order chi connectivity index (χ0) is 34.6. The van der Waals surface area contributed by atoms with E-state index in [9.17, 15) is 19.2 Å². The van der Waals surface area contributed by atoms with E-state index in [0.717, 1.165) is 31.2 Å². The summed E-state index contributed by atoms with van der Waals surface area (Å²) >= 11 is 0. The minimum atomic E-state index is -0.990. The molecule has 0 radical (unpaired) electrons. The van der Waals surface area contributed by atoms with E-state index in [-0.39, 0.29) is 57.0 Å². The summed E-state index contributed by atoms with van der Waals surface area (Å²) < 4.78 is 21.9. The highest BCUT2D eigenvalue weighted by Gasteiger charge is 2.31. The molecule has 5 rings (SSSR count). The van der Waals surface area contributed by atoms with Gasteiger partial charge in [0.15, 0.2) is 12.4 Å². The van der Waals surface area contributed by atoms with Gasteiger partial charge in [-0.1, -0.05) is 42.5 Å². The first kappa shape index (κ1) is 35.1. The maximum Gasteiger partial charge on any atom is 0.409 e. The number of carbonyl (C=O) groups is 4. The first-order chi connectivity index (χ1) is 23.8. The normalized spacial score (nSPS) is 15.3. The van der Waals surface area contributed by atoms with Crippen molar-refractivity contribution in [3.05, 3.63) is 71.9 Å². The molecule has 1 aliphatic heterocycles. The molecule has 2 aromatic carbocycles. The Morgan fingerprint density at radius 2 is 1.57 bits per heavy atom. The Bertz CT molecular complexity index is 1590. The molecule has 1 aromatic heterocycles. The van der Waals surface area contributed by atoms with Crippen molar-refractivity contribution in [1.29, 1.82) is 0 Å². The molecule has 13 heteroatoms. The molecule has 2 aliphatic rings. The van der Waals surface area contributed by atoms with Gasteiger partial charge in [0.2, 0.25) is 11.8 Å². The highest BCUT2D eigenvalue weighted by molar-refractivity contribution is 5.96. The molecule has 0 bridgehead atoms. The van der Waals surface area contributed by atoms with Crippen LogP contribution in [0.15, 0.2) is 60.7 Å². The fourth-order valence-electron chi connectivity index (χ4n) is 5.81. The predicted molar refractivity (Wildman–Crippen MR) is 179 cm³/mol. The highest BCUT2D eigenvalue weighted by Crippen LogP contribution is 2.26. The summed E-state index contributed by atoms with van der Waals surface area (Å²) in [6, 6.07) is 16.8. The first-order valence-corrected chi connectivity index (χ1v) is 16.8. The monoisotopic (exact) mass is 673 g/mol. The van der Waals surface area contributed by atoms with Crippen LogP contribution in [0.5, 0.6) is 11.6 Å². The van der Waals surface area contributed by atoms with Crippen molar-refractivity contribution in [2.24, 2.45) is 0 Å². The van der Waals surface area contributed by atoms with Crippen molar-refractivity contribution in [2.45, 2.75) is 58.1 Å². The van der Waals surface area contributed by atoms with Crippen LogP contribution in [0.25, 0.3) is 11.4 Å². The third-order valence-corrected chi connectivity index (χ3v) is 8.28. The number of nitrogens with zero attached hydrogens (tertiary/aromatic N) is 4. The first-order valence-electron chi connectivity index (χ1n) is 16.8. The van der Waals surface area contributed by atoms with Crippen LogP contribution in [-0.4, -0.2) is 102 Å². The lowest BCUT2D eigenvalue weighted by molar-refractivity contribution is -0.145. The SMILES string of the molecule is CCOC(=O)COc1cccc(CC(NC(=O)c2cc(OC3CCCC3)nc(-c3ccccc3)n2)C(=O)N2CCN(C(=O)OCC)CC2)c1. The van der Waals surface area contributed by atoms with Crippen LogP contribution >= 0.6 is 0 Å². The van der Waals surface area contributed by atoms with E-state index in [0.29, 0.717) is 36.1 Å². The summed E-state index contributed by atoms with van der Waals surface area (Å²) in [7, 11) is 0. The zero-order valence-electron chi connectivity index (χ0n) is 28.0. The number of esters is 1. The maximum atomic E-state index is 14.1. The predicted octanol–water partition coefficient (Wildman–Crippen LogP) is 4.05. The second-order valence-electron chi connectivity index (χ2n) is 11.8. The zero-order valence-corrected chi connectivity index (χ0v) is 28.0. The second kappa shape index (κ2) is 17.3. The third kappa shape index (κ3) is 9.91. The summed E-state index contributed by atoms with van der Waals surface area (Å²) in [4.78, 5) is 64.5. The van der Waals surface area contributed by atoms with E-state index in [1.807, 2.05) is 36.4 Å². The Morgan fingerprint density at radius 1 is 0.857 bits per heavy atom. The van der Waals surface area contributed by atoms with Crippen LogP contribution in [-0.2, 0) is 25.5 Å². The van der Waals surface area contributed by atoms with Crippen molar-refractivity contribution in [2.75, 3.05) is 46.0 Å². The molecule has 2 fully saturated rings. The molecule has 1 unspecified atom stereocenters. The summed E-state index contributed by atoms with van der Waals surface area (Å²) in [5.41, 5.74) is 1.49. The standard InChI is InChI=1S/C36H43N5O8/c1-3-46-32(42)24-48-28-16-10-11-25(21-28)22-30(35(44)40-17-19-41(20-18-40)36(45)47-4-2)38-34(43)29-23-31(49-27-14-8-9-15-27)39-33(37-29)26-12-6-5-7-13-26/h5-7,10-13,16,21,23,27,30H,3-4,8-9,14-15,17-20,22,24H2,1-2H3,(H,38,43). The molecule has 1 saturated heterocycles. The van der Waals surface area contributed by atoms with Crippen molar-refractivity contribution >= 4 is 23.9 Å². The van der Waals surface area contributed by atoms with Gasteiger partial charge < -0.3 is 34.1 Å². The summed E-state index contributed by atoms with van der Waals surface area (Å²) in [6.07, 6.45) is 3.68. The molecule has 0 spiro atoms. The number of amides is 3. The molecule has 49 heavy (non-hydrogen) atoms. The van der Waals surface area contributed by atoms with Crippen molar-refractivity contribution < 1.29 is 38.1 Å². The Morgan fingerprint density at radius 3 is 2.29 bits per heavy atom. The van der Waals surface area contributed by atoms with Gasteiger partial charge in [-0.15, -0.1) is 0 Å². The number of hydrogen-bond acceptors (Lipinski definition) is 10. The van der Waals surface area contributed by atoms with Crippen LogP contribution in [0.1, 0.15) is 55.6 Å². The van der Waals surface area contributed by atoms with Crippen molar-refractivity contribution in [1.82, 2.24) is 25.1 Å². The average Bonchev–Trinajstić information content (AvgIpc) is 3.64. The lowest BCUT2D eigenvalue weighted by Gasteiger charge is -2.36. The van der Waals surface area contributed by atoms with E-state index >= 15 is 0 Å². The fourth-order valence-corrected chi connectivity index (χ4v) is 5.81. The van der Waals surface area contributed by atoms with Crippen LogP contribution in [0, 0.1) is 0 Å². The van der Waals surface area contributed by atoms with Crippen LogP contribution in [0.2, 0.25) is 0 Å². The number of ether oxygens (including phenoxy) is 4. The number of carbonyl (C=O) groups excluding carboxylic acids is 4. The van der Waals surface area contributed by atoms with Gasteiger partial charge in [0.1, 0.15) is 23.6 Å². The number of nitrogens with one attached hydrogen (secondary N) is 1. The molecular formula is C36H43N5O8. The molecule has 13 nitrogen and oxygen atoms in total. The molecule has 3 aromatic rings. The molecular weight excluding hydrogens is 630 g/mol. The van der Waals surface area contributed by atoms with Gasteiger partial charge in [-0.05, 0) is 57.2 Å². The van der Waals surface area contributed by atoms with Gasteiger partial charge in [0.05, 0.1) is 13.2 Å². The lowest BCUT2D eigenvalue weighted by Crippen LogP contribution is -2.56. The number of rotatable bonds is 13. The maximum absolute atomic E-state index is 14.1. The topological polar surface area (TPSA) is 149 Å². The molecule has 1 saturated carbocycles. The van der Waals surface area contributed by atoms with Crippen molar-refractivity contribution in [3.63, 3.8) is 0 Å². The molecule has 1 aliphatic carbocycles. The van der Waals surface area contributed by atoms with Gasteiger partial charge >= 0.3 is 12.1 Å². The Labute approximate surface area is 285 Å². The van der Waals surface area contributed by atoms with E-state index in [1.165, 1.54) is 6.07 Å². The number of hydrogen-bond donors (Lipinski definition) is 1. The molecule has 2 heterocycles. The number of piperazine rings is 1. The van der Waals surface area contributed by atoms with Gasteiger partial charge in [0.25, 0.3) is 5.91 Å². The van der Waals surface area contributed by atoms with E-state index in [1.54, 1.807) is 41.8 Å². The summed E-state index contributed by atoms with van der Waals surface area (Å²) in [5.74, 6) is -0.307. The largest absolute Gasteiger partial charge is 0.482 e. The van der Waals surface area contributed by atoms with Crippen LogP contribution < -0.4 is 14.8 Å². The van der Waals surface area contributed by atoms with Gasteiger partial charge in [-0.2, -0.15) is 4.98 Å². The summed E-state index contributed by atoms with van der Waals surface area (Å²) in [6.45, 7) is 4.86. The highest BCUT2D eigenvalue weighted by atomic mass is 16.6. The number of benzene rings is 2. The van der Waals surface area contributed by atoms with E-state index in [2.05, 4.69) is 15.3 Å². The Hall–Kier alpha value is -5.20. The summed E-state index contributed by atoms with van der Waals surface area (Å²) in [5, 5.41) is 2.92. The number of aromatic nitrogens is 2. The molecule has 1 N–H and O–H groups in total. The van der Waals surface area contributed by atoms with Crippen molar-refractivity contribution in [3.8, 4) is 23.0 Å². The molecule has 260 valence electrons. The fraction of sp³-hybridized carbons (Fsp3) is 0.444. The van der Waals surface area contributed by atoms with E-state index in [4.69, 9.17) is 18.9 Å². The van der Waals surface area contributed by atoms with Gasteiger partial charge in [-0.3, -0.25) is 9.59 Å². The minimum absolute atomic E-state index is 0.00959. The molecule has 1 atom stereocenters. The van der Waals surface area contributed by atoms with E-state index < -0.39 is 24.0 Å². The quantitative estimate of drug-likeness (QED) is 0.264. The Kier molecular flexibility index (Phi) is 12.4. The average molecular weight is 674 g/mol.